The van der Waals surface area contributed by atoms with Crippen LogP contribution in [0.2, 0.25) is 0 Å². The monoisotopic (exact) mass is 446 g/mol. The first kappa shape index (κ1) is 23.0. The average Bonchev–Trinajstić information content (AvgIpc) is 2.93. The molecule has 8 nitrogen and oxygen atoms in total. The van der Waals surface area contributed by atoms with Gasteiger partial charge in [-0.05, 0) is 36.4 Å². The predicted octanol–water partition coefficient (Wildman–Crippen LogP) is 2.39. The maximum Gasteiger partial charge on any atom is 0.354 e. The van der Waals surface area contributed by atoms with Crippen molar-refractivity contribution >= 4 is 5.97 Å². The lowest BCUT2D eigenvalue weighted by Crippen LogP contribution is -2.35. The minimum absolute atomic E-state index is 0.0883. The van der Waals surface area contributed by atoms with E-state index in [9.17, 15) is 9.90 Å². The maximum absolute atomic E-state index is 11.3. The van der Waals surface area contributed by atoms with E-state index in [1.807, 2.05) is 42.7 Å². The van der Waals surface area contributed by atoms with Crippen molar-refractivity contribution in [3.8, 4) is 0 Å². The molecular formula is C25H30N6O2. The molecule has 0 bridgehead atoms. The molecule has 3 aromatic heterocycles. The molecule has 8 heteroatoms. The molecule has 4 heterocycles. The number of rotatable bonds is 7. The van der Waals surface area contributed by atoms with Crippen molar-refractivity contribution in [3.63, 3.8) is 0 Å². The summed E-state index contributed by atoms with van der Waals surface area (Å²) in [7, 11) is 0. The van der Waals surface area contributed by atoms with E-state index in [2.05, 4.69) is 41.8 Å². The highest BCUT2D eigenvalue weighted by Crippen LogP contribution is 2.10. The summed E-state index contributed by atoms with van der Waals surface area (Å²) in [5.41, 5.74) is 3.00. The molecule has 0 amide bonds. The van der Waals surface area contributed by atoms with E-state index in [-0.39, 0.29) is 5.69 Å². The molecule has 1 fully saturated rings. The molecule has 1 aliphatic rings. The summed E-state index contributed by atoms with van der Waals surface area (Å²) < 4.78 is 0. The highest BCUT2D eigenvalue weighted by molar-refractivity contribution is 5.85. The topological polar surface area (TPSA) is 85.7 Å². The summed E-state index contributed by atoms with van der Waals surface area (Å²) in [6.07, 6.45) is 3.68. The van der Waals surface area contributed by atoms with E-state index in [1.54, 1.807) is 6.07 Å². The molecular weight excluding hydrogens is 416 g/mol. The van der Waals surface area contributed by atoms with Gasteiger partial charge >= 0.3 is 5.97 Å². The fourth-order valence-corrected chi connectivity index (χ4v) is 4.02. The van der Waals surface area contributed by atoms with Gasteiger partial charge in [0.2, 0.25) is 0 Å². The van der Waals surface area contributed by atoms with E-state index in [0.717, 1.165) is 69.4 Å². The van der Waals surface area contributed by atoms with Crippen LogP contribution in [0.3, 0.4) is 0 Å². The minimum atomic E-state index is -0.996. The molecule has 172 valence electrons. The summed E-state index contributed by atoms with van der Waals surface area (Å²) in [6.45, 7) is 7.70. The highest BCUT2D eigenvalue weighted by atomic mass is 16.4. The first-order valence-electron chi connectivity index (χ1n) is 11.3. The molecule has 33 heavy (non-hydrogen) atoms. The fraction of sp³-hybridized carbons (Fsp3) is 0.360. The van der Waals surface area contributed by atoms with Gasteiger partial charge in [-0.1, -0.05) is 18.2 Å². The van der Waals surface area contributed by atoms with E-state index in [4.69, 9.17) is 0 Å². The van der Waals surface area contributed by atoms with Gasteiger partial charge < -0.3 is 5.11 Å². The second kappa shape index (κ2) is 11.6. The van der Waals surface area contributed by atoms with Crippen LogP contribution in [0.5, 0.6) is 0 Å². The van der Waals surface area contributed by atoms with Crippen LogP contribution in [0.25, 0.3) is 0 Å². The number of carboxylic acid groups (broad SMARTS) is 1. The quantitative estimate of drug-likeness (QED) is 0.592. The van der Waals surface area contributed by atoms with Crippen molar-refractivity contribution in [1.82, 2.24) is 29.7 Å². The number of carboxylic acids is 1. The molecule has 3 aromatic rings. The highest BCUT2D eigenvalue weighted by Gasteiger charge is 2.18. The summed E-state index contributed by atoms with van der Waals surface area (Å²) in [5.74, 6) is -0.996. The Morgan fingerprint density at radius 1 is 0.667 bits per heavy atom. The Morgan fingerprint density at radius 3 is 1.55 bits per heavy atom. The smallest absolute Gasteiger partial charge is 0.354 e. The van der Waals surface area contributed by atoms with Gasteiger partial charge in [-0.25, -0.2) is 9.78 Å². The first-order chi connectivity index (χ1) is 16.2. The molecule has 1 N–H and O–H groups in total. The standard InChI is InChI=1S/C25H30N6O2/c32-25(33)24-9-5-8-23(28-24)20-31-16-14-29(18-21-6-1-3-10-26-21)12-13-30(15-17-31)19-22-7-2-4-11-27-22/h1-11H,12-20H2,(H,32,33). The number of aromatic nitrogens is 3. The molecule has 0 unspecified atom stereocenters. The maximum atomic E-state index is 11.3. The molecule has 0 saturated carbocycles. The largest absolute Gasteiger partial charge is 0.477 e. The van der Waals surface area contributed by atoms with Crippen LogP contribution in [-0.4, -0.2) is 80.0 Å². The predicted molar refractivity (Wildman–Crippen MR) is 126 cm³/mol. The van der Waals surface area contributed by atoms with E-state index < -0.39 is 5.97 Å². The third kappa shape index (κ3) is 7.15. The third-order valence-corrected chi connectivity index (χ3v) is 5.83. The number of carbonyl (C=O) groups is 1. The van der Waals surface area contributed by atoms with Crippen molar-refractivity contribution in [3.05, 3.63) is 89.8 Å². The number of hydrogen-bond donors (Lipinski definition) is 1. The van der Waals surface area contributed by atoms with Crippen LogP contribution in [0.1, 0.15) is 27.6 Å². The molecule has 0 radical (unpaired) electrons. The van der Waals surface area contributed by atoms with Gasteiger partial charge in [0, 0.05) is 71.3 Å². The van der Waals surface area contributed by atoms with Crippen LogP contribution < -0.4 is 0 Å². The lowest BCUT2D eigenvalue weighted by molar-refractivity contribution is 0.0690. The summed E-state index contributed by atoms with van der Waals surface area (Å²) in [5, 5.41) is 9.28. The number of nitrogens with zero attached hydrogens (tertiary/aromatic N) is 6. The second-order valence-corrected chi connectivity index (χ2v) is 8.29. The Bertz CT molecular complexity index is 964. The van der Waals surface area contributed by atoms with Gasteiger partial charge in [0.1, 0.15) is 5.69 Å². The molecule has 0 aromatic carbocycles. The van der Waals surface area contributed by atoms with Gasteiger partial charge in [-0.2, -0.15) is 0 Å². The second-order valence-electron chi connectivity index (χ2n) is 8.29. The molecule has 4 rings (SSSR count). The number of pyridine rings is 3. The third-order valence-electron chi connectivity index (χ3n) is 5.83. The van der Waals surface area contributed by atoms with Gasteiger partial charge in [0.15, 0.2) is 0 Å². The average molecular weight is 447 g/mol. The Morgan fingerprint density at radius 2 is 1.12 bits per heavy atom. The Labute approximate surface area is 194 Å². The van der Waals surface area contributed by atoms with Crippen molar-refractivity contribution in [2.75, 3.05) is 39.3 Å². The van der Waals surface area contributed by atoms with Crippen LogP contribution in [0, 0.1) is 0 Å². The van der Waals surface area contributed by atoms with Crippen LogP contribution in [0.15, 0.2) is 67.0 Å². The molecule has 0 aliphatic carbocycles. The zero-order valence-electron chi connectivity index (χ0n) is 18.8. The van der Waals surface area contributed by atoms with Crippen molar-refractivity contribution in [1.29, 1.82) is 0 Å². The first-order valence-corrected chi connectivity index (χ1v) is 11.3. The zero-order chi connectivity index (χ0) is 22.9. The van der Waals surface area contributed by atoms with Gasteiger partial charge in [0.25, 0.3) is 0 Å². The Kier molecular flexibility index (Phi) is 8.08. The normalized spacial score (nSPS) is 16.6. The minimum Gasteiger partial charge on any atom is -0.477 e. The molecule has 1 aliphatic heterocycles. The van der Waals surface area contributed by atoms with Crippen LogP contribution in [-0.2, 0) is 19.6 Å². The lowest BCUT2D eigenvalue weighted by Gasteiger charge is -2.25. The Balaban J connectivity index is 1.47. The van der Waals surface area contributed by atoms with Crippen molar-refractivity contribution < 1.29 is 9.90 Å². The summed E-state index contributed by atoms with van der Waals surface area (Å²) in [6, 6.07) is 17.3. The Hall–Kier alpha value is -3.20. The number of hydrogen-bond acceptors (Lipinski definition) is 7. The van der Waals surface area contributed by atoms with Crippen LogP contribution in [0.4, 0.5) is 0 Å². The lowest BCUT2D eigenvalue weighted by atomic mass is 10.2. The van der Waals surface area contributed by atoms with Gasteiger partial charge in [0.05, 0.1) is 17.1 Å². The van der Waals surface area contributed by atoms with E-state index in [1.165, 1.54) is 6.07 Å². The molecule has 0 atom stereocenters. The molecule has 0 spiro atoms. The molecule has 1 saturated heterocycles. The van der Waals surface area contributed by atoms with Crippen molar-refractivity contribution in [2.45, 2.75) is 19.6 Å². The van der Waals surface area contributed by atoms with Gasteiger partial charge in [-0.3, -0.25) is 24.7 Å². The zero-order valence-corrected chi connectivity index (χ0v) is 18.8. The summed E-state index contributed by atoms with van der Waals surface area (Å²) >= 11 is 0. The van der Waals surface area contributed by atoms with E-state index >= 15 is 0 Å². The summed E-state index contributed by atoms with van der Waals surface area (Å²) in [4.78, 5) is 31.9. The van der Waals surface area contributed by atoms with E-state index in [0.29, 0.717) is 6.54 Å². The van der Waals surface area contributed by atoms with Crippen LogP contribution >= 0.6 is 0 Å². The fourth-order valence-electron chi connectivity index (χ4n) is 4.02. The SMILES string of the molecule is O=C(O)c1cccc(CN2CCN(Cc3ccccn3)CCN(Cc3ccccn3)CC2)n1. The van der Waals surface area contributed by atoms with Gasteiger partial charge in [-0.15, -0.1) is 0 Å². The number of aromatic carboxylic acids is 1. The van der Waals surface area contributed by atoms with Crippen molar-refractivity contribution in [2.24, 2.45) is 0 Å².